The molecular weight excluding hydrogens is 342 g/mol. The first-order valence-corrected chi connectivity index (χ1v) is 9.56. The Kier molecular flexibility index (Phi) is 7.04. The van der Waals surface area contributed by atoms with E-state index >= 15 is 0 Å². The van der Waals surface area contributed by atoms with Gasteiger partial charge in [-0.15, -0.1) is 0 Å². The number of carbonyl (C=O) groups excluding carboxylic acids is 1. The number of rotatable bonds is 8. The molecule has 1 aliphatic rings. The van der Waals surface area contributed by atoms with E-state index in [2.05, 4.69) is 5.32 Å². The number of pyridine rings is 1. The number of hydrogen-bond donors (Lipinski definition) is 1. The molecule has 27 heavy (non-hydrogen) atoms. The highest BCUT2D eigenvalue weighted by Crippen LogP contribution is 2.15. The Balaban J connectivity index is 1.51. The first kappa shape index (κ1) is 19.2. The van der Waals surface area contributed by atoms with Gasteiger partial charge in [-0.25, -0.2) is 4.79 Å². The average Bonchev–Trinajstić information content (AvgIpc) is 3.20. The van der Waals surface area contributed by atoms with E-state index in [4.69, 9.17) is 4.74 Å². The van der Waals surface area contributed by atoms with Gasteiger partial charge in [0, 0.05) is 45.0 Å². The van der Waals surface area contributed by atoms with E-state index in [1.807, 2.05) is 41.3 Å². The molecule has 2 heterocycles. The minimum Gasteiger partial charge on any atom is -0.376 e. The highest BCUT2D eigenvalue weighted by atomic mass is 16.5. The van der Waals surface area contributed by atoms with Crippen molar-refractivity contribution >= 4 is 6.03 Å². The fourth-order valence-corrected chi connectivity index (χ4v) is 3.26. The van der Waals surface area contributed by atoms with Crippen LogP contribution in [0, 0.1) is 0 Å². The van der Waals surface area contributed by atoms with E-state index in [1.54, 1.807) is 22.9 Å². The molecule has 1 atom stereocenters. The summed E-state index contributed by atoms with van der Waals surface area (Å²) in [4.78, 5) is 26.2. The second kappa shape index (κ2) is 9.92. The molecule has 0 bridgehead atoms. The topological polar surface area (TPSA) is 63.6 Å². The smallest absolute Gasteiger partial charge is 0.317 e. The standard InChI is InChI=1S/C21H27N3O3/c25-20-11-4-5-13-23(20)14-7-12-22-21(26)24(17-19-10-6-15-27-19)16-18-8-2-1-3-9-18/h1-5,8-9,11,13,19H,6-7,10,12,14-17H2,(H,22,26)/t19-/m1/s1. The molecule has 0 radical (unpaired) electrons. The lowest BCUT2D eigenvalue weighted by Gasteiger charge is -2.26. The lowest BCUT2D eigenvalue weighted by molar-refractivity contribution is 0.0795. The molecular formula is C21H27N3O3. The van der Waals surface area contributed by atoms with Crippen LogP contribution in [0.2, 0.25) is 0 Å². The third-order valence-corrected chi connectivity index (χ3v) is 4.70. The van der Waals surface area contributed by atoms with Crippen molar-refractivity contribution in [3.63, 3.8) is 0 Å². The maximum Gasteiger partial charge on any atom is 0.317 e. The lowest BCUT2D eigenvalue weighted by atomic mass is 10.2. The highest BCUT2D eigenvalue weighted by Gasteiger charge is 2.22. The number of amides is 2. The molecule has 0 aliphatic carbocycles. The molecule has 1 aliphatic heterocycles. The van der Waals surface area contributed by atoms with Crippen LogP contribution in [0.5, 0.6) is 0 Å². The number of nitrogens with zero attached hydrogens (tertiary/aromatic N) is 2. The molecule has 1 saturated heterocycles. The third kappa shape index (κ3) is 5.96. The predicted octanol–water partition coefficient (Wildman–Crippen LogP) is 2.63. The van der Waals surface area contributed by atoms with Gasteiger partial charge in [-0.05, 0) is 30.9 Å². The van der Waals surface area contributed by atoms with Gasteiger partial charge in [0.15, 0.2) is 0 Å². The second-order valence-electron chi connectivity index (χ2n) is 6.82. The van der Waals surface area contributed by atoms with Crippen LogP contribution in [0.4, 0.5) is 4.79 Å². The van der Waals surface area contributed by atoms with Crippen LogP contribution in [0.25, 0.3) is 0 Å². The molecule has 1 aromatic heterocycles. The van der Waals surface area contributed by atoms with Crippen LogP contribution in [0.15, 0.2) is 59.5 Å². The van der Waals surface area contributed by atoms with Gasteiger partial charge < -0.3 is 19.5 Å². The maximum atomic E-state index is 12.7. The van der Waals surface area contributed by atoms with Crippen LogP contribution >= 0.6 is 0 Å². The number of ether oxygens (including phenoxy) is 1. The summed E-state index contributed by atoms with van der Waals surface area (Å²) in [5.74, 6) is 0. The number of benzene rings is 1. The van der Waals surface area contributed by atoms with Gasteiger partial charge in [-0.2, -0.15) is 0 Å². The summed E-state index contributed by atoms with van der Waals surface area (Å²) in [6.07, 6.45) is 4.63. The molecule has 1 N–H and O–H groups in total. The number of hydrogen-bond acceptors (Lipinski definition) is 3. The summed E-state index contributed by atoms with van der Waals surface area (Å²) < 4.78 is 7.36. The second-order valence-corrected chi connectivity index (χ2v) is 6.82. The van der Waals surface area contributed by atoms with E-state index in [0.717, 1.165) is 25.0 Å². The van der Waals surface area contributed by atoms with Crippen molar-refractivity contribution in [2.45, 2.75) is 38.5 Å². The zero-order valence-corrected chi connectivity index (χ0v) is 15.5. The van der Waals surface area contributed by atoms with E-state index in [1.165, 1.54) is 0 Å². The fourth-order valence-electron chi connectivity index (χ4n) is 3.26. The largest absolute Gasteiger partial charge is 0.376 e. The van der Waals surface area contributed by atoms with Gasteiger partial charge >= 0.3 is 6.03 Å². The first-order chi connectivity index (χ1) is 13.2. The molecule has 144 valence electrons. The maximum absolute atomic E-state index is 12.7. The molecule has 0 spiro atoms. The van der Waals surface area contributed by atoms with Crippen LogP contribution in [-0.2, 0) is 17.8 Å². The van der Waals surface area contributed by atoms with Crippen LogP contribution in [-0.4, -0.2) is 41.3 Å². The molecule has 2 aromatic rings. The molecule has 3 rings (SSSR count). The Morgan fingerprint density at radius 1 is 1.19 bits per heavy atom. The number of aryl methyl sites for hydroxylation is 1. The Hall–Kier alpha value is -2.60. The summed E-state index contributed by atoms with van der Waals surface area (Å²) >= 11 is 0. The van der Waals surface area contributed by atoms with E-state index in [9.17, 15) is 9.59 Å². The Labute approximate surface area is 159 Å². The summed E-state index contributed by atoms with van der Waals surface area (Å²) in [5, 5.41) is 2.98. The minimum atomic E-state index is -0.0882. The molecule has 0 saturated carbocycles. The predicted molar refractivity (Wildman–Crippen MR) is 105 cm³/mol. The molecule has 1 aromatic carbocycles. The average molecular weight is 369 g/mol. The number of carbonyl (C=O) groups is 1. The van der Waals surface area contributed by atoms with Crippen LogP contribution < -0.4 is 10.9 Å². The molecule has 6 heteroatoms. The van der Waals surface area contributed by atoms with Gasteiger partial charge in [0.25, 0.3) is 0 Å². The van der Waals surface area contributed by atoms with Gasteiger partial charge in [0.1, 0.15) is 0 Å². The SMILES string of the molecule is O=C(NCCCn1ccccc1=O)N(Cc1ccccc1)C[C@H]1CCCO1. The number of aromatic nitrogens is 1. The summed E-state index contributed by atoms with van der Waals surface area (Å²) in [6.45, 7) is 3.04. The van der Waals surface area contributed by atoms with Gasteiger partial charge in [-0.1, -0.05) is 36.4 Å². The van der Waals surface area contributed by atoms with Gasteiger partial charge in [0.05, 0.1) is 6.10 Å². The lowest BCUT2D eigenvalue weighted by Crippen LogP contribution is -2.43. The molecule has 1 fully saturated rings. The Morgan fingerprint density at radius 3 is 2.74 bits per heavy atom. The van der Waals surface area contributed by atoms with Crippen molar-refractivity contribution in [3.05, 3.63) is 70.6 Å². The van der Waals surface area contributed by atoms with Crippen molar-refractivity contribution in [1.82, 2.24) is 14.8 Å². The van der Waals surface area contributed by atoms with Gasteiger partial charge in [0.2, 0.25) is 5.56 Å². The van der Waals surface area contributed by atoms with Crippen LogP contribution in [0.1, 0.15) is 24.8 Å². The number of nitrogens with one attached hydrogen (secondary N) is 1. The Morgan fingerprint density at radius 2 is 2.00 bits per heavy atom. The first-order valence-electron chi connectivity index (χ1n) is 9.56. The summed E-state index contributed by atoms with van der Waals surface area (Å²) in [6, 6.07) is 15.0. The van der Waals surface area contributed by atoms with E-state index < -0.39 is 0 Å². The van der Waals surface area contributed by atoms with E-state index in [0.29, 0.717) is 32.6 Å². The quantitative estimate of drug-likeness (QED) is 0.728. The molecule has 6 nitrogen and oxygen atoms in total. The van der Waals surface area contributed by atoms with Crippen LogP contribution in [0.3, 0.4) is 0 Å². The fraction of sp³-hybridized carbons (Fsp3) is 0.429. The van der Waals surface area contributed by atoms with Gasteiger partial charge in [-0.3, -0.25) is 4.79 Å². The normalized spacial score (nSPS) is 16.2. The van der Waals surface area contributed by atoms with Crippen molar-refractivity contribution in [2.24, 2.45) is 0 Å². The van der Waals surface area contributed by atoms with Crippen molar-refractivity contribution in [3.8, 4) is 0 Å². The monoisotopic (exact) mass is 369 g/mol. The zero-order valence-electron chi connectivity index (χ0n) is 15.5. The van der Waals surface area contributed by atoms with Crippen molar-refractivity contribution < 1.29 is 9.53 Å². The summed E-state index contributed by atoms with van der Waals surface area (Å²) in [5.41, 5.74) is 1.08. The Bertz CT molecular complexity index is 769. The summed E-state index contributed by atoms with van der Waals surface area (Å²) in [7, 11) is 0. The minimum absolute atomic E-state index is 0.0205. The van der Waals surface area contributed by atoms with E-state index in [-0.39, 0.29) is 17.7 Å². The third-order valence-electron chi connectivity index (χ3n) is 4.70. The highest BCUT2D eigenvalue weighted by molar-refractivity contribution is 5.74. The zero-order chi connectivity index (χ0) is 18.9. The van der Waals surface area contributed by atoms with Crippen molar-refractivity contribution in [2.75, 3.05) is 19.7 Å². The molecule has 2 amide bonds. The van der Waals surface area contributed by atoms with Crippen molar-refractivity contribution in [1.29, 1.82) is 0 Å². The molecule has 0 unspecified atom stereocenters. The number of urea groups is 1.